The van der Waals surface area contributed by atoms with E-state index in [1.54, 1.807) is 12.1 Å². The summed E-state index contributed by atoms with van der Waals surface area (Å²) in [6.07, 6.45) is 11.9. The maximum absolute atomic E-state index is 13.7. The summed E-state index contributed by atoms with van der Waals surface area (Å²) in [6.45, 7) is 1.08. The summed E-state index contributed by atoms with van der Waals surface area (Å²) >= 11 is 0. The summed E-state index contributed by atoms with van der Waals surface area (Å²) in [4.78, 5) is 2.70. The molecule has 5 atom stereocenters. The van der Waals surface area contributed by atoms with E-state index in [9.17, 15) is 4.39 Å². The van der Waals surface area contributed by atoms with Crippen molar-refractivity contribution in [3.05, 3.63) is 101 Å². The van der Waals surface area contributed by atoms with Crippen molar-refractivity contribution in [3.8, 4) is 0 Å². The zero-order valence-electron chi connectivity index (χ0n) is 16.8. The first-order valence-corrected chi connectivity index (χ1v) is 11.2. The highest BCUT2D eigenvalue weighted by Gasteiger charge is 2.48. The number of halogens is 1. The Morgan fingerprint density at radius 3 is 2.57 bits per heavy atom. The van der Waals surface area contributed by atoms with Crippen LogP contribution < -0.4 is 4.90 Å². The summed E-state index contributed by atoms with van der Waals surface area (Å²) in [5.74, 6) is 1.95. The molecule has 0 saturated heterocycles. The van der Waals surface area contributed by atoms with Crippen molar-refractivity contribution in [2.75, 3.05) is 11.4 Å². The Kier molecular flexibility index (Phi) is 3.42. The smallest absolute Gasteiger partial charge is 0.123 e. The average molecular weight is 394 g/mol. The quantitative estimate of drug-likeness (QED) is 0.408. The Labute approximate surface area is 176 Å². The van der Waals surface area contributed by atoms with Gasteiger partial charge in [0.25, 0.3) is 0 Å². The summed E-state index contributed by atoms with van der Waals surface area (Å²) in [5.41, 5.74) is 5.74. The molecule has 0 amide bonds. The minimum Gasteiger partial charge on any atom is -0.363 e. The number of nitrogens with zero attached hydrogens (tertiary/aromatic N) is 1. The minimum absolute atomic E-state index is 0.151. The van der Waals surface area contributed by atoms with Crippen molar-refractivity contribution in [2.24, 2.45) is 11.8 Å². The van der Waals surface area contributed by atoms with Crippen LogP contribution in [0.5, 0.6) is 0 Å². The van der Waals surface area contributed by atoms with E-state index in [-0.39, 0.29) is 5.82 Å². The lowest BCUT2D eigenvalue weighted by molar-refractivity contribution is 0.336. The fourth-order valence-electron chi connectivity index (χ4n) is 6.77. The van der Waals surface area contributed by atoms with Gasteiger partial charge in [0.05, 0.1) is 6.04 Å². The van der Waals surface area contributed by atoms with Crippen LogP contribution in [0.3, 0.4) is 0 Å². The maximum atomic E-state index is 13.7. The summed E-state index contributed by atoms with van der Waals surface area (Å²) in [5, 5.41) is 2.77. The molecule has 2 heterocycles. The highest BCUT2D eigenvalue weighted by molar-refractivity contribution is 5.94. The van der Waals surface area contributed by atoms with E-state index in [1.165, 1.54) is 33.2 Å². The molecule has 0 saturated carbocycles. The van der Waals surface area contributed by atoms with Crippen molar-refractivity contribution in [1.29, 1.82) is 0 Å². The molecule has 0 bridgehead atoms. The molecule has 148 valence electrons. The predicted octanol–water partition coefficient (Wildman–Crippen LogP) is 6.87. The van der Waals surface area contributed by atoms with Gasteiger partial charge in [-0.1, -0.05) is 60.7 Å². The number of allylic oxidation sites excluding steroid dienone is 4. The lowest BCUT2D eigenvalue weighted by Gasteiger charge is -2.51. The number of hydrogen-bond acceptors (Lipinski definition) is 1. The number of benzene rings is 3. The summed E-state index contributed by atoms with van der Waals surface area (Å²) < 4.78 is 13.7. The van der Waals surface area contributed by atoms with Crippen LogP contribution in [0, 0.1) is 17.7 Å². The van der Waals surface area contributed by atoms with Gasteiger partial charge in [-0.25, -0.2) is 4.39 Å². The van der Waals surface area contributed by atoms with E-state index in [0.29, 0.717) is 29.7 Å². The molecule has 30 heavy (non-hydrogen) atoms. The topological polar surface area (TPSA) is 3.24 Å². The molecule has 0 fully saturated rings. The molecule has 2 heteroatoms. The normalized spacial score (nSPS) is 30.4. The summed E-state index contributed by atoms with van der Waals surface area (Å²) in [6, 6.07) is 19.0. The van der Waals surface area contributed by atoms with Crippen LogP contribution in [0.4, 0.5) is 10.1 Å². The molecule has 7 rings (SSSR count). The van der Waals surface area contributed by atoms with Crippen LogP contribution in [-0.4, -0.2) is 6.54 Å². The van der Waals surface area contributed by atoms with E-state index in [4.69, 9.17) is 0 Å². The minimum atomic E-state index is -0.151. The lowest BCUT2D eigenvalue weighted by atomic mass is 9.69. The molecule has 2 aliphatic heterocycles. The first-order valence-electron chi connectivity index (χ1n) is 11.2. The first kappa shape index (κ1) is 16.9. The van der Waals surface area contributed by atoms with E-state index in [2.05, 4.69) is 59.5 Å². The molecule has 3 aromatic rings. The molecule has 0 N–H and O–H groups in total. The molecular weight excluding hydrogens is 369 g/mol. The molecule has 2 aliphatic carbocycles. The third kappa shape index (κ3) is 2.17. The van der Waals surface area contributed by atoms with Crippen molar-refractivity contribution in [2.45, 2.75) is 30.7 Å². The Hall–Kier alpha value is -2.87. The van der Waals surface area contributed by atoms with Gasteiger partial charge in [0.15, 0.2) is 0 Å². The second kappa shape index (κ2) is 6.07. The molecule has 4 aliphatic rings. The van der Waals surface area contributed by atoms with Gasteiger partial charge < -0.3 is 4.90 Å². The van der Waals surface area contributed by atoms with Crippen LogP contribution in [0.25, 0.3) is 10.8 Å². The van der Waals surface area contributed by atoms with Crippen molar-refractivity contribution >= 4 is 16.5 Å². The summed E-state index contributed by atoms with van der Waals surface area (Å²) in [7, 11) is 0. The second-order valence-electron chi connectivity index (χ2n) is 9.40. The fourth-order valence-corrected chi connectivity index (χ4v) is 6.77. The van der Waals surface area contributed by atoms with E-state index in [1.807, 2.05) is 12.1 Å². The van der Waals surface area contributed by atoms with Crippen LogP contribution in [-0.2, 0) is 0 Å². The maximum Gasteiger partial charge on any atom is 0.123 e. The van der Waals surface area contributed by atoms with Crippen LogP contribution >= 0.6 is 0 Å². The Morgan fingerprint density at radius 1 is 0.867 bits per heavy atom. The number of hydrogen-bond donors (Lipinski definition) is 0. The zero-order valence-corrected chi connectivity index (χ0v) is 16.8. The largest absolute Gasteiger partial charge is 0.363 e. The molecule has 0 radical (unpaired) electrons. The third-order valence-corrected chi connectivity index (χ3v) is 7.96. The van der Waals surface area contributed by atoms with Gasteiger partial charge in [-0.2, -0.15) is 0 Å². The third-order valence-electron chi connectivity index (χ3n) is 7.96. The van der Waals surface area contributed by atoms with Gasteiger partial charge >= 0.3 is 0 Å². The van der Waals surface area contributed by atoms with Gasteiger partial charge in [-0.05, 0) is 70.3 Å². The second-order valence-corrected chi connectivity index (χ2v) is 9.40. The molecular formula is C28H24FN. The van der Waals surface area contributed by atoms with E-state index >= 15 is 0 Å². The van der Waals surface area contributed by atoms with E-state index in [0.717, 1.165) is 19.4 Å². The van der Waals surface area contributed by atoms with Gasteiger partial charge in [-0.3, -0.25) is 0 Å². The lowest BCUT2D eigenvalue weighted by Crippen LogP contribution is -2.46. The zero-order chi connectivity index (χ0) is 19.8. The Balaban J connectivity index is 1.54. The van der Waals surface area contributed by atoms with Crippen LogP contribution in [0.2, 0.25) is 0 Å². The van der Waals surface area contributed by atoms with Gasteiger partial charge in [0, 0.05) is 24.1 Å². The molecule has 0 spiro atoms. The number of fused-ring (bicyclic) bond motifs is 6. The van der Waals surface area contributed by atoms with Crippen LogP contribution in [0.1, 0.15) is 47.4 Å². The van der Waals surface area contributed by atoms with Crippen molar-refractivity contribution in [3.63, 3.8) is 0 Å². The van der Waals surface area contributed by atoms with Crippen molar-refractivity contribution < 1.29 is 4.39 Å². The SMILES string of the molecule is Fc1ccc([C@H]2[C@H]3CC=C[C@@H]3c3c4c(cc5ccccc35)[C@H]3C=CC[C@@H]3CN42)cc1. The standard InChI is InChI=1S/C28H24FN/c29-20-13-11-17(12-14-20)27-24-10-4-9-23(24)26-22-7-2-1-5-18(22)15-25-21-8-3-6-19(21)16-30(27)28(25)26/h1-5,7-9,11-15,19,21,23-24,27H,6,10,16H2/t19-,21+,23+,24+,27+/m1/s1. The van der Waals surface area contributed by atoms with Gasteiger partial charge in [0.2, 0.25) is 0 Å². The van der Waals surface area contributed by atoms with Crippen molar-refractivity contribution in [1.82, 2.24) is 0 Å². The van der Waals surface area contributed by atoms with Crippen LogP contribution in [0.15, 0.2) is 78.9 Å². The van der Waals surface area contributed by atoms with E-state index < -0.39 is 0 Å². The average Bonchev–Trinajstić information content (AvgIpc) is 3.44. The van der Waals surface area contributed by atoms with Gasteiger partial charge in [0.1, 0.15) is 5.82 Å². The Morgan fingerprint density at radius 2 is 1.67 bits per heavy atom. The Bertz CT molecular complexity index is 1220. The monoisotopic (exact) mass is 393 g/mol. The predicted molar refractivity (Wildman–Crippen MR) is 120 cm³/mol. The molecule has 0 unspecified atom stereocenters. The highest BCUT2D eigenvalue weighted by atomic mass is 19.1. The fraction of sp³-hybridized carbons (Fsp3) is 0.286. The molecule has 3 aromatic carbocycles. The number of rotatable bonds is 1. The number of anilines is 1. The molecule has 0 aromatic heterocycles. The first-order chi connectivity index (χ1) is 14.8. The van der Waals surface area contributed by atoms with Gasteiger partial charge in [-0.15, -0.1) is 0 Å². The molecule has 1 nitrogen and oxygen atoms in total. The highest BCUT2D eigenvalue weighted by Crippen LogP contribution is 2.60.